The first-order chi connectivity index (χ1) is 11.3. The van der Waals surface area contributed by atoms with E-state index in [1.165, 1.54) is 0 Å². The highest BCUT2D eigenvalue weighted by Gasteiger charge is 2.11. The fourth-order valence-corrected chi connectivity index (χ4v) is 2.20. The number of carbonyl (C=O) groups excluding carboxylic acids is 1. The van der Waals surface area contributed by atoms with Crippen molar-refractivity contribution in [3.8, 4) is 11.8 Å². The summed E-state index contributed by atoms with van der Waals surface area (Å²) in [6.07, 6.45) is 1.71. The Hall–Kier alpha value is -3.46. The SMILES string of the molecule is N#Cc1cccc(NC(=O)Cc2cnnn2-c2ccccc2)c1. The molecule has 0 spiro atoms. The zero-order chi connectivity index (χ0) is 16.1. The summed E-state index contributed by atoms with van der Waals surface area (Å²) in [7, 11) is 0. The summed E-state index contributed by atoms with van der Waals surface area (Å²) in [6.45, 7) is 0. The van der Waals surface area contributed by atoms with Gasteiger partial charge in [0.25, 0.3) is 0 Å². The maximum absolute atomic E-state index is 12.2. The maximum Gasteiger partial charge on any atom is 0.230 e. The first kappa shape index (κ1) is 14.5. The molecule has 6 nitrogen and oxygen atoms in total. The Morgan fingerprint density at radius 3 is 2.78 bits per heavy atom. The van der Waals surface area contributed by atoms with Crippen LogP contribution in [0.15, 0.2) is 60.8 Å². The highest BCUT2D eigenvalue weighted by molar-refractivity contribution is 5.92. The van der Waals surface area contributed by atoms with Crippen molar-refractivity contribution in [1.82, 2.24) is 15.0 Å². The van der Waals surface area contributed by atoms with Crippen LogP contribution in [0, 0.1) is 11.3 Å². The van der Waals surface area contributed by atoms with E-state index in [2.05, 4.69) is 15.6 Å². The number of rotatable bonds is 4. The van der Waals surface area contributed by atoms with E-state index >= 15 is 0 Å². The summed E-state index contributed by atoms with van der Waals surface area (Å²) in [6, 6.07) is 18.3. The third kappa shape index (κ3) is 3.41. The third-order valence-electron chi connectivity index (χ3n) is 3.24. The van der Waals surface area contributed by atoms with E-state index < -0.39 is 0 Å². The van der Waals surface area contributed by atoms with E-state index in [9.17, 15) is 4.79 Å². The van der Waals surface area contributed by atoms with Gasteiger partial charge in [-0.05, 0) is 30.3 Å². The predicted octanol–water partition coefficient (Wildman–Crippen LogP) is 2.32. The van der Waals surface area contributed by atoms with Crippen LogP contribution in [0.5, 0.6) is 0 Å². The molecule has 0 aliphatic carbocycles. The van der Waals surface area contributed by atoms with Gasteiger partial charge in [-0.1, -0.05) is 29.5 Å². The highest BCUT2D eigenvalue weighted by atomic mass is 16.1. The van der Waals surface area contributed by atoms with Crippen LogP contribution < -0.4 is 5.32 Å². The average molecular weight is 303 g/mol. The van der Waals surface area contributed by atoms with E-state index in [-0.39, 0.29) is 12.3 Å². The molecular weight excluding hydrogens is 290 g/mol. The number of hydrogen-bond donors (Lipinski definition) is 1. The number of carbonyl (C=O) groups is 1. The Balaban J connectivity index is 1.74. The first-order valence-electron chi connectivity index (χ1n) is 7.01. The molecule has 3 rings (SSSR count). The molecule has 112 valence electrons. The van der Waals surface area contributed by atoms with E-state index in [0.717, 1.165) is 5.69 Å². The van der Waals surface area contributed by atoms with E-state index in [1.54, 1.807) is 35.1 Å². The van der Waals surface area contributed by atoms with E-state index in [1.807, 2.05) is 36.4 Å². The lowest BCUT2D eigenvalue weighted by atomic mass is 10.2. The van der Waals surface area contributed by atoms with E-state index in [4.69, 9.17) is 5.26 Å². The summed E-state index contributed by atoms with van der Waals surface area (Å²) in [4.78, 5) is 12.2. The van der Waals surface area contributed by atoms with Crippen LogP contribution in [0.1, 0.15) is 11.3 Å². The van der Waals surface area contributed by atoms with E-state index in [0.29, 0.717) is 16.9 Å². The number of anilines is 1. The van der Waals surface area contributed by atoms with Gasteiger partial charge in [0.15, 0.2) is 0 Å². The van der Waals surface area contributed by atoms with Gasteiger partial charge in [0.1, 0.15) is 0 Å². The summed E-state index contributed by atoms with van der Waals surface area (Å²) in [5, 5.41) is 19.6. The average Bonchev–Trinajstić information content (AvgIpc) is 3.03. The highest BCUT2D eigenvalue weighted by Crippen LogP contribution is 2.12. The Labute approximate surface area is 133 Å². The number of amides is 1. The largest absolute Gasteiger partial charge is 0.326 e. The molecule has 0 aliphatic heterocycles. The quantitative estimate of drug-likeness (QED) is 0.801. The normalized spacial score (nSPS) is 10.0. The molecule has 0 atom stereocenters. The number of para-hydroxylation sites is 1. The number of benzene rings is 2. The van der Waals surface area contributed by atoms with Crippen LogP contribution in [0.4, 0.5) is 5.69 Å². The van der Waals surface area contributed by atoms with Crippen LogP contribution in [0.25, 0.3) is 5.69 Å². The molecule has 3 aromatic rings. The molecule has 2 aromatic carbocycles. The van der Waals surface area contributed by atoms with Gasteiger partial charge >= 0.3 is 0 Å². The number of nitrogens with zero attached hydrogens (tertiary/aromatic N) is 4. The van der Waals surface area contributed by atoms with Gasteiger partial charge in [-0.15, -0.1) is 5.10 Å². The molecule has 0 bridgehead atoms. The van der Waals surface area contributed by atoms with Crippen LogP contribution in [-0.4, -0.2) is 20.9 Å². The lowest BCUT2D eigenvalue weighted by Gasteiger charge is -2.07. The zero-order valence-electron chi connectivity index (χ0n) is 12.2. The van der Waals surface area contributed by atoms with Crippen molar-refractivity contribution in [2.45, 2.75) is 6.42 Å². The Bertz CT molecular complexity index is 864. The second-order valence-corrected chi connectivity index (χ2v) is 4.89. The summed E-state index contributed by atoms with van der Waals surface area (Å²) >= 11 is 0. The van der Waals surface area contributed by atoms with Gasteiger partial charge in [-0.25, -0.2) is 4.68 Å². The fraction of sp³-hybridized carbons (Fsp3) is 0.0588. The molecule has 6 heteroatoms. The molecule has 1 amide bonds. The van der Waals surface area contributed by atoms with Crippen molar-refractivity contribution < 1.29 is 4.79 Å². The molecule has 0 saturated carbocycles. The molecule has 1 N–H and O–H groups in total. The van der Waals surface area contributed by atoms with Crippen LogP contribution >= 0.6 is 0 Å². The molecular formula is C17H13N5O. The van der Waals surface area contributed by atoms with Crippen molar-refractivity contribution in [3.05, 3.63) is 72.1 Å². The second kappa shape index (κ2) is 6.54. The van der Waals surface area contributed by atoms with Gasteiger partial charge in [0, 0.05) is 5.69 Å². The topological polar surface area (TPSA) is 83.6 Å². The molecule has 23 heavy (non-hydrogen) atoms. The molecule has 0 aliphatic rings. The molecule has 0 saturated heterocycles. The molecule has 1 heterocycles. The van der Waals surface area contributed by atoms with Gasteiger partial charge in [0.05, 0.1) is 35.6 Å². The summed E-state index contributed by atoms with van der Waals surface area (Å²) in [5.41, 5.74) is 2.62. The standard InChI is InChI=1S/C17H13N5O/c18-11-13-5-4-6-14(9-13)20-17(23)10-16-12-19-21-22(16)15-7-2-1-3-8-15/h1-9,12H,10H2,(H,20,23). The minimum Gasteiger partial charge on any atom is -0.326 e. The Morgan fingerprint density at radius 1 is 1.17 bits per heavy atom. The second-order valence-electron chi connectivity index (χ2n) is 4.89. The van der Waals surface area contributed by atoms with Crippen molar-refractivity contribution in [3.63, 3.8) is 0 Å². The summed E-state index contributed by atoms with van der Waals surface area (Å²) < 4.78 is 1.63. The molecule has 0 unspecified atom stereocenters. The van der Waals surface area contributed by atoms with Crippen molar-refractivity contribution in [2.24, 2.45) is 0 Å². The maximum atomic E-state index is 12.2. The molecule has 0 fully saturated rings. The number of nitrogens with one attached hydrogen (secondary N) is 1. The molecule has 0 radical (unpaired) electrons. The minimum atomic E-state index is -0.195. The van der Waals surface area contributed by atoms with Crippen LogP contribution in [0.2, 0.25) is 0 Å². The number of aromatic nitrogens is 3. The first-order valence-corrected chi connectivity index (χ1v) is 7.01. The summed E-state index contributed by atoms with van der Waals surface area (Å²) in [5.74, 6) is -0.195. The molecule has 1 aromatic heterocycles. The van der Waals surface area contributed by atoms with Crippen molar-refractivity contribution in [2.75, 3.05) is 5.32 Å². The number of nitriles is 1. The lowest BCUT2D eigenvalue weighted by molar-refractivity contribution is -0.115. The third-order valence-corrected chi connectivity index (χ3v) is 3.24. The van der Waals surface area contributed by atoms with Crippen LogP contribution in [0.3, 0.4) is 0 Å². The monoisotopic (exact) mass is 303 g/mol. The van der Waals surface area contributed by atoms with Gasteiger partial charge < -0.3 is 5.32 Å². The van der Waals surface area contributed by atoms with Gasteiger partial charge in [-0.3, -0.25) is 4.79 Å². The van der Waals surface area contributed by atoms with Gasteiger partial charge in [0.2, 0.25) is 5.91 Å². The minimum absolute atomic E-state index is 0.138. The van der Waals surface area contributed by atoms with Crippen molar-refractivity contribution >= 4 is 11.6 Å². The Morgan fingerprint density at radius 2 is 2.00 bits per heavy atom. The van der Waals surface area contributed by atoms with Crippen molar-refractivity contribution in [1.29, 1.82) is 5.26 Å². The Kier molecular flexibility index (Phi) is 4.11. The van der Waals surface area contributed by atoms with Crippen LogP contribution in [-0.2, 0) is 11.2 Å². The zero-order valence-corrected chi connectivity index (χ0v) is 12.2. The van der Waals surface area contributed by atoms with Gasteiger partial charge in [-0.2, -0.15) is 5.26 Å². The fourth-order valence-electron chi connectivity index (χ4n) is 2.20. The smallest absolute Gasteiger partial charge is 0.230 e. The lowest BCUT2D eigenvalue weighted by Crippen LogP contribution is -2.16. The number of hydrogen-bond acceptors (Lipinski definition) is 4. The predicted molar refractivity (Wildman–Crippen MR) is 84.8 cm³/mol.